The van der Waals surface area contributed by atoms with E-state index in [9.17, 15) is 5.11 Å². The van der Waals surface area contributed by atoms with Crippen LogP contribution in [0.3, 0.4) is 0 Å². The molecule has 1 heterocycles. The largest absolute Gasteiger partial charge is 0.391 e. The van der Waals surface area contributed by atoms with E-state index in [0.29, 0.717) is 12.5 Å². The highest BCUT2D eigenvalue weighted by molar-refractivity contribution is 7.96. The third kappa shape index (κ3) is 1.74. The van der Waals surface area contributed by atoms with Crippen LogP contribution in [0.1, 0.15) is 39.0 Å². The Hall–Kier alpha value is 0.270. The van der Waals surface area contributed by atoms with Crippen LogP contribution in [0.15, 0.2) is 0 Å². The second-order valence-corrected chi connectivity index (χ2v) is 5.63. The maximum Gasteiger partial charge on any atom is 0.0757 e. The first-order valence-electron chi connectivity index (χ1n) is 5.23. The van der Waals surface area contributed by atoms with Crippen molar-refractivity contribution in [2.24, 2.45) is 5.92 Å². The molecule has 0 bridgehead atoms. The van der Waals surface area contributed by atoms with Crippen molar-refractivity contribution in [1.82, 2.24) is 0 Å². The smallest absolute Gasteiger partial charge is 0.0757 e. The average Bonchev–Trinajstić information content (AvgIpc) is 2.16. The molecule has 0 radical (unpaired) electrons. The Morgan fingerprint density at radius 1 is 1.31 bits per heavy atom. The first-order chi connectivity index (χ1) is 6.25. The third-order valence-corrected chi connectivity index (χ3v) is 4.57. The topological polar surface area (TPSA) is 29.5 Å². The predicted octanol–water partition coefficient (Wildman–Crippen LogP) is 2.36. The van der Waals surface area contributed by atoms with Crippen molar-refractivity contribution in [1.29, 1.82) is 0 Å². The van der Waals surface area contributed by atoms with Gasteiger partial charge >= 0.3 is 0 Å². The molecule has 2 nitrogen and oxygen atoms in total. The van der Waals surface area contributed by atoms with E-state index in [1.165, 1.54) is 19.3 Å². The van der Waals surface area contributed by atoms with Crippen LogP contribution < -0.4 is 0 Å². The molecule has 1 aliphatic heterocycles. The van der Waals surface area contributed by atoms with Gasteiger partial charge < -0.3 is 9.29 Å². The van der Waals surface area contributed by atoms with Gasteiger partial charge in [-0.15, -0.1) is 0 Å². The molecular formula is C10H18O2S. The van der Waals surface area contributed by atoms with E-state index in [4.69, 9.17) is 4.18 Å². The van der Waals surface area contributed by atoms with E-state index in [-0.39, 0.29) is 10.9 Å². The number of aliphatic hydroxyl groups is 1. The fraction of sp³-hybridized carbons (Fsp3) is 1.00. The van der Waals surface area contributed by atoms with E-state index < -0.39 is 0 Å². The Labute approximate surface area is 84.3 Å². The molecule has 1 spiro atoms. The van der Waals surface area contributed by atoms with Crippen molar-refractivity contribution < 1.29 is 9.29 Å². The third-order valence-electron chi connectivity index (χ3n) is 3.33. The fourth-order valence-electron chi connectivity index (χ4n) is 2.45. The summed E-state index contributed by atoms with van der Waals surface area (Å²) < 4.78 is 5.54. The molecule has 2 fully saturated rings. The lowest BCUT2D eigenvalue weighted by atomic mass is 9.80. The summed E-state index contributed by atoms with van der Waals surface area (Å²) in [6.07, 6.45) is 5.92. The first kappa shape index (κ1) is 9.81. The molecular weight excluding hydrogens is 184 g/mol. The fourth-order valence-corrected chi connectivity index (χ4v) is 3.75. The van der Waals surface area contributed by atoms with Gasteiger partial charge in [-0.1, -0.05) is 26.2 Å². The molecule has 1 saturated carbocycles. The summed E-state index contributed by atoms with van der Waals surface area (Å²) in [5, 5.41) is 10.2. The summed E-state index contributed by atoms with van der Waals surface area (Å²) in [7, 11) is 0. The van der Waals surface area contributed by atoms with Crippen LogP contribution in [0, 0.1) is 5.92 Å². The van der Waals surface area contributed by atoms with Crippen LogP contribution in [-0.4, -0.2) is 22.6 Å². The molecule has 13 heavy (non-hydrogen) atoms. The van der Waals surface area contributed by atoms with E-state index in [2.05, 4.69) is 6.92 Å². The summed E-state index contributed by atoms with van der Waals surface area (Å²) in [5.74, 6) is 0.305. The quantitative estimate of drug-likeness (QED) is 0.611. The van der Waals surface area contributed by atoms with Gasteiger partial charge in [0.05, 0.1) is 17.5 Å². The lowest BCUT2D eigenvalue weighted by Crippen LogP contribution is -2.48. The number of rotatable bonds is 0. The molecule has 1 N–H and O–H groups in total. The predicted molar refractivity (Wildman–Crippen MR) is 54.5 cm³/mol. The van der Waals surface area contributed by atoms with Crippen molar-refractivity contribution in [3.8, 4) is 0 Å². The van der Waals surface area contributed by atoms with Gasteiger partial charge in [0.1, 0.15) is 0 Å². The van der Waals surface area contributed by atoms with Crippen LogP contribution in [0.5, 0.6) is 0 Å². The van der Waals surface area contributed by atoms with Gasteiger partial charge in [-0.2, -0.15) is 0 Å². The highest BCUT2D eigenvalue weighted by Crippen LogP contribution is 2.47. The Bertz CT molecular complexity index is 172. The zero-order chi connectivity index (χ0) is 9.31. The molecule has 0 aromatic heterocycles. The molecule has 0 amide bonds. The van der Waals surface area contributed by atoms with E-state index in [1.54, 1.807) is 12.0 Å². The number of hydrogen-bond acceptors (Lipinski definition) is 3. The molecule has 0 aromatic rings. The second-order valence-electron chi connectivity index (χ2n) is 4.42. The standard InChI is InChI=1S/C10H18O2S/c1-8-7-12-13-10(9(8)11)5-3-2-4-6-10/h8-9,11H,2-7H2,1H3/t8-,9-/m1/s1. The zero-order valence-corrected chi connectivity index (χ0v) is 8.98. The van der Waals surface area contributed by atoms with Gasteiger partial charge in [-0.05, 0) is 12.8 Å². The van der Waals surface area contributed by atoms with Crippen molar-refractivity contribution in [2.75, 3.05) is 6.61 Å². The highest BCUT2D eigenvalue weighted by atomic mass is 32.2. The van der Waals surface area contributed by atoms with Crippen molar-refractivity contribution in [3.63, 3.8) is 0 Å². The summed E-state index contributed by atoms with van der Waals surface area (Å²) in [4.78, 5) is 0. The number of hydrogen-bond donors (Lipinski definition) is 1. The van der Waals surface area contributed by atoms with Crippen LogP contribution in [0.25, 0.3) is 0 Å². The van der Waals surface area contributed by atoms with Gasteiger partial charge in [-0.3, -0.25) is 0 Å². The van der Waals surface area contributed by atoms with Gasteiger partial charge in [0.2, 0.25) is 0 Å². The van der Waals surface area contributed by atoms with Crippen molar-refractivity contribution in [2.45, 2.75) is 49.9 Å². The normalized spacial score (nSPS) is 39.2. The Balaban J connectivity index is 2.09. The summed E-state index contributed by atoms with van der Waals surface area (Å²) in [6.45, 7) is 2.79. The van der Waals surface area contributed by atoms with Crippen LogP contribution in [0.4, 0.5) is 0 Å². The zero-order valence-electron chi connectivity index (χ0n) is 8.16. The number of aliphatic hydroxyl groups excluding tert-OH is 1. The molecule has 1 saturated heterocycles. The summed E-state index contributed by atoms with van der Waals surface area (Å²) in [5.41, 5.74) is 0. The highest BCUT2D eigenvalue weighted by Gasteiger charge is 2.45. The molecule has 2 atom stereocenters. The maximum atomic E-state index is 10.2. The van der Waals surface area contributed by atoms with Crippen molar-refractivity contribution >= 4 is 12.0 Å². The minimum absolute atomic E-state index is 0.0376. The minimum atomic E-state index is -0.161. The molecule has 3 heteroatoms. The molecule has 1 aliphatic carbocycles. The van der Waals surface area contributed by atoms with Gasteiger partial charge in [-0.25, -0.2) is 0 Å². The Morgan fingerprint density at radius 2 is 2.00 bits per heavy atom. The van der Waals surface area contributed by atoms with Crippen LogP contribution in [-0.2, 0) is 4.18 Å². The Morgan fingerprint density at radius 3 is 2.69 bits per heavy atom. The van der Waals surface area contributed by atoms with E-state index >= 15 is 0 Å². The van der Waals surface area contributed by atoms with Gasteiger partial charge in [0.25, 0.3) is 0 Å². The molecule has 0 unspecified atom stereocenters. The average molecular weight is 202 g/mol. The van der Waals surface area contributed by atoms with Crippen LogP contribution >= 0.6 is 12.0 Å². The van der Waals surface area contributed by atoms with E-state index in [0.717, 1.165) is 12.8 Å². The SMILES string of the molecule is C[C@@H]1COSC2(CCCCC2)[C@@H]1O. The lowest BCUT2D eigenvalue weighted by molar-refractivity contribution is 0.0208. The van der Waals surface area contributed by atoms with Gasteiger partial charge in [0, 0.05) is 18.0 Å². The monoisotopic (exact) mass is 202 g/mol. The second kappa shape index (κ2) is 3.79. The summed E-state index contributed by atoms with van der Waals surface area (Å²) >= 11 is 1.55. The maximum absolute atomic E-state index is 10.2. The van der Waals surface area contributed by atoms with Crippen LogP contribution in [0.2, 0.25) is 0 Å². The molecule has 2 rings (SSSR count). The van der Waals surface area contributed by atoms with Gasteiger partial charge in [0.15, 0.2) is 0 Å². The van der Waals surface area contributed by atoms with Crippen molar-refractivity contribution in [3.05, 3.63) is 0 Å². The summed E-state index contributed by atoms with van der Waals surface area (Å²) in [6, 6.07) is 0. The Kier molecular flexibility index (Phi) is 2.86. The minimum Gasteiger partial charge on any atom is -0.391 e. The molecule has 2 aliphatic rings. The lowest BCUT2D eigenvalue weighted by Gasteiger charge is -2.45. The molecule has 76 valence electrons. The first-order valence-corrected chi connectivity index (χ1v) is 5.97. The van der Waals surface area contributed by atoms with E-state index in [1.807, 2.05) is 0 Å². The molecule has 0 aromatic carbocycles.